The summed E-state index contributed by atoms with van der Waals surface area (Å²) in [6.45, 7) is 5.60. The Labute approximate surface area is 60.8 Å². The third kappa shape index (κ3) is 0.967. The van der Waals surface area contributed by atoms with Gasteiger partial charge in [-0.15, -0.1) is 0 Å². The summed E-state index contributed by atoms with van der Waals surface area (Å²) in [5, 5.41) is 0. The number of hydrogen-bond donors (Lipinski definition) is 0. The molecule has 0 saturated carbocycles. The Kier molecular flexibility index (Phi) is 1.90. The zero-order chi connectivity index (χ0) is 7.56. The van der Waals surface area contributed by atoms with E-state index in [0.29, 0.717) is 0 Å². The summed E-state index contributed by atoms with van der Waals surface area (Å²) in [5.41, 5.74) is 0. The highest BCUT2D eigenvalue weighted by molar-refractivity contribution is 5.91. The van der Waals surface area contributed by atoms with Gasteiger partial charge in [0.15, 0.2) is 0 Å². The van der Waals surface area contributed by atoms with Crippen LogP contribution < -0.4 is 0 Å². The standard InChI is InChI=1S/C8H11NO/c1-3-7-5-6-8(10)9(7)4-2/h4-7H,2-3H2,1H3. The molecule has 0 saturated heterocycles. The number of nitrogens with zero attached hydrogens (tertiary/aromatic N) is 1. The molecule has 1 aliphatic heterocycles. The summed E-state index contributed by atoms with van der Waals surface area (Å²) in [6, 6.07) is 0.241. The molecule has 0 fully saturated rings. The van der Waals surface area contributed by atoms with Crippen molar-refractivity contribution in [3.63, 3.8) is 0 Å². The second kappa shape index (κ2) is 2.69. The number of hydrogen-bond acceptors (Lipinski definition) is 1. The SMILES string of the molecule is C=CN1C(=O)C=CC1CC. The molecule has 0 aromatic carbocycles. The van der Waals surface area contributed by atoms with Crippen molar-refractivity contribution in [3.05, 3.63) is 24.9 Å². The van der Waals surface area contributed by atoms with E-state index in [1.165, 1.54) is 0 Å². The highest BCUT2D eigenvalue weighted by Gasteiger charge is 2.20. The van der Waals surface area contributed by atoms with Crippen molar-refractivity contribution in [1.29, 1.82) is 0 Å². The first kappa shape index (κ1) is 7.06. The first-order chi connectivity index (χ1) is 4.79. The van der Waals surface area contributed by atoms with Gasteiger partial charge in [0.05, 0.1) is 6.04 Å². The van der Waals surface area contributed by atoms with Crippen LogP contribution in [0, 0.1) is 0 Å². The molecule has 10 heavy (non-hydrogen) atoms. The van der Waals surface area contributed by atoms with Gasteiger partial charge in [-0.1, -0.05) is 19.6 Å². The molecule has 54 valence electrons. The molecule has 0 N–H and O–H groups in total. The maximum absolute atomic E-state index is 10.9. The molecule has 1 unspecified atom stereocenters. The second-order valence-electron chi connectivity index (χ2n) is 2.26. The Morgan fingerprint density at radius 2 is 2.60 bits per heavy atom. The fourth-order valence-electron chi connectivity index (χ4n) is 1.09. The molecule has 0 aromatic rings. The fraction of sp³-hybridized carbons (Fsp3) is 0.375. The Morgan fingerprint density at radius 3 is 3.00 bits per heavy atom. The normalized spacial score (nSPS) is 23.9. The van der Waals surface area contributed by atoms with E-state index in [0.717, 1.165) is 6.42 Å². The first-order valence-electron chi connectivity index (χ1n) is 3.42. The van der Waals surface area contributed by atoms with Crippen LogP contribution in [0.5, 0.6) is 0 Å². The quantitative estimate of drug-likeness (QED) is 0.562. The average Bonchev–Trinajstić information content (AvgIpc) is 2.30. The van der Waals surface area contributed by atoms with Crippen molar-refractivity contribution in [2.45, 2.75) is 19.4 Å². The third-order valence-corrected chi connectivity index (χ3v) is 1.69. The number of rotatable bonds is 2. The van der Waals surface area contributed by atoms with Crippen LogP contribution >= 0.6 is 0 Å². The van der Waals surface area contributed by atoms with Crippen molar-refractivity contribution >= 4 is 5.91 Å². The van der Waals surface area contributed by atoms with Gasteiger partial charge in [-0.3, -0.25) is 4.79 Å². The van der Waals surface area contributed by atoms with Gasteiger partial charge in [0.25, 0.3) is 5.91 Å². The highest BCUT2D eigenvalue weighted by Crippen LogP contribution is 2.13. The zero-order valence-electron chi connectivity index (χ0n) is 6.08. The van der Waals surface area contributed by atoms with E-state index in [4.69, 9.17) is 0 Å². The molecule has 2 nitrogen and oxygen atoms in total. The lowest BCUT2D eigenvalue weighted by Crippen LogP contribution is -2.27. The van der Waals surface area contributed by atoms with E-state index in [2.05, 4.69) is 6.58 Å². The van der Waals surface area contributed by atoms with Crippen molar-refractivity contribution in [1.82, 2.24) is 4.90 Å². The van der Waals surface area contributed by atoms with Crippen LogP contribution in [0.15, 0.2) is 24.9 Å². The van der Waals surface area contributed by atoms with Crippen LogP contribution in [0.4, 0.5) is 0 Å². The molecule has 2 heteroatoms. The molecule has 1 rings (SSSR count). The minimum absolute atomic E-state index is 0.0434. The molecule has 1 aliphatic rings. The molecule has 1 atom stereocenters. The number of amides is 1. The predicted octanol–water partition coefficient (Wildman–Crippen LogP) is 1.31. The summed E-state index contributed by atoms with van der Waals surface area (Å²) >= 11 is 0. The van der Waals surface area contributed by atoms with Crippen LogP contribution in [-0.4, -0.2) is 16.8 Å². The molecule has 0 bridgehead atoms. The van der Waals surface area contributed by atoms with Gasteiger partial charge in [-0.25, -0.2) is 0 Å². The summed E-state index contributed by atoms with van der Waals surface area (Å²) in [6.07, 6.45) is 6.03. The number of carbonyl (C=O) groups excluding carboxylic acids is 1. The summed E-state index contributed by atoms with van der Waals surface area (Å²) in [4.78, 5) is 12.6. The van der Waals surface area contributed by atoms with Crippen LogP contribution in [0.1, 0.15) is 13.3 Å². The third-order valence-electron chi connectivity index (χ3n) is 1.69. The van der Waals surface area contributed by atoms with Gasteiger partial charge in [0.1, 0.15) is 0 Å². The van der Waals surface area contributed by atoms with E-state index >= 15 is 0 Å². The van der Waals surface area contributed by atoms with Crippen LogP contribution in [-0.2, 0) is 4.79 Å². The Hall–Kier alpha value is -1.05. The van der Waals surface area contributed by atoms with Crippen LogP contribution in [0.2, 0.25) is 0 Å². The maximum atomic E-state index is 10.9. The topological polar surface area (TPSA) is 20.3 Å². The molecule has 0 spiro atoms. The molecule has 0 aromatic heterocycles. The van der Waals surface area contributed by atoms with Gasteiger partial charge >= 0.3 is 0 Å². The summed E-state index contributed by atoms with van der Waals surface area (Å²) < 4.78 is 0. The molecule has 1 amide bonds. The largest absolute Gasteiger partial charge is 0.309 e. The van der Waals surface area contributed by atoms with E-state index in [-0.39, 0.29) is 11.9 Å². The van der Waals surface area contributed by atoms with Crippen molar-refractivity contribution in [3.8, 4) is 0 Å². The van der Waals surface area contributed by atoms with E-state index in [9.17, 15) is 4.79 Å². The average molecular weight is 137 g/mol. The van der Waals surface area contributed by atoms with E-state index in [1.807, 2.05) is 13.0 Å². The van der Waals surface area contributed by atoms with E-state index < -0.39 is 0 Å². The summed E-state index contributed by atoms with van der Waals surface area (Å²) in [5.74, 6) is 0.0434. The van der Waals surface area contributed by atoms with Crippen LogP contribution in [0.25, 0.3) is 0 Å². The lowest BCUT2D eigenvalue weighted by molar-refractivity contribution is -0.123. The summed E-state index contributed by atoms with van der Waals surface area (Å²) in [7, 11) is 0. The molecular weight excluding hydrogens is 126 g/mol. The van der Waals surface area contributed by atoms with Crippen molar-refractivity contribution < 1.29 is 4.79 Å². The maximum Gasteiger partial charge on any atom is 0.250 e. The Balaban J connectivity index is 2.70. The van der Waals surface area contributed by atoms with Gasteiger partial charge in [-0.05, 0) is 6.42 Å². The Bertz CT molecular complexity index is 184. The highest BCUT2D eigenvalue weighted by atomic mass is 16.2. The predicted molar refractivity (Wildman–Crippen MR) is 40.3 cm³/mol. The van der Waals surface area contributed by atoms with Gasteiger partial charge in [-0.2, -0.15) is 0 Å². The fourth-order valence-corrected chi connectivity index (χ4v) is 1.09. The smallest absolute Gasteiger partial charge is 0.250 e. The van der Waals surface area contributed by atoms with Gasteiger partial charge in [0, 0.05) is 12.3 Å². The minimum Gasteiger partial charge on any atom is -0.309 e. The van der Waals surface area contributed by atoms with E-state index in [1.54, 1.807) is 17.2 Å². The second-order valence-corrected chi connectivity index (χ2v) is 2.26. The first-order valence-corrected chi connectivity index (χ1v) is 3.42. The van der Waals surface area contributed by atoms with Crippen molar-refractivity contribution in [2.75, 3.05) is 0 Å². The Morgan fingerprint density at radius 1 is 1.90 bits per heavy atom. The molecule has 0 aliphatic carbocycles. The lowest BCUT2D eigenvalue weighted by atomic mass is 10.2. The molecular formula is C8H11NO. The minimum atomic E-state index is 0.0434. The molecule has 1 heterocycles. The number of carbonyl (C=O) groups is 1. The monoisotopic (exact) mass is 137 g/mol. The van der Waals surface area contributed by atoms with Gasteiger partial charge < -0.3 is 4.90 Å². The van der Waals surface area contributed by atoms with Crippen LogP contribution in [0.3, 0.4) is 0 Å². The van der Waals surface area contributed by atoms with Gasteiger partial charge in [0.2, 0.25) is 0 Å². The zero-order valence-corrected chi connectivity index (χ0v) is 6.08. The molecule has 0 radical (unpaired) electrons. The lowest BCUT2D eigenvalue weighted by Gasteiger charge is -2.17. The van der Waals surface area contributed by atoms with Crippen molar-refractivity contribution in [2.24, 2.45) is 0 Å².